The Morgan fingerprint density at radius 3 is 2.50 bits per heavy atom. The predicted octanol–water partition coefficient (Wildman–Crippen LogP) is 6.10. The molecular formula is C39H38B2ClF5N6O6S. The Morgan fingerprint density at radius 1 is 1.05 bits per heavy atom. The fraction of sp³-hybridized carbons (Fsp3) is 0.333. The minimum Gasteiger partial charge on any atom is -0.499 e. The van der Waals surface area contributed by atoms with Crippen LogP contribution >= 0.6 is 22.9 Å². The number of fused-ring (bicyclic) bond motifs is 1. The van der Waals surface area contributed by atoms with Crippen molar-refractivity contribution in [2.75, 3.05) is 46.4 Å². The Balaban J connectivity index is 1.23. The van der Waals surface area contributed by atoms with Crippen LogP contribution in [0, 0.1) is 12.9 Å². The number of rotatable bonds is 15. The van der Waals surface area contributed by atoms with Gasteiger partial charge in [0, 0.05) is 56.1 Å². The number of furan rings is 1. The first-order valence-electron chi connectivity index (χ1n) is 18.8. The molecule has 6 aromatic rings. The SMILES string of the molecule is BC(B)(Oc1ccccc1[C@H](F)[C@@H](Oc1ncnc2sc(-c3ccc(F)o3)c(-c3ccc(OCCN4CCN(C)CC4)c(Cl)c3C)c12)C(=O)O)c1ccnn1CC(F)(F)F. The molecular weight excluding hydrogens is 833 g/mol. The van der Waals surface area contributed by atoms with Crippen LogP contribution in [0.5, 0.6) is 17.4 Å². The monoisotopic (exact) mass is 870 g/mol. The van der Waals surface area contributed by atoms with Gasteiger partial charge in [-0.2, -0.15) is 22.7 Å². The summed E-state index contributed by atoms with van der Waals surface area (Å²) in [4.78, 5) is 26.8. The number of halogens is 6. The number of benzene rings is 2. The number of hydrogen-bond acceptors (Lipinski definition) is 11. The molecule has 0 aliphatic carbocycles. The lowest BCUT2D eigenvalue weighted by Gasteiger charge is -2.32. The lowest BCUT2D eigenvalue weighted by atomic mass is 9.63. The minimum absolute atomic E-state index is 0.0392. The summed E-state index contributed by atoms with van der Waals surface area (Å²) in [6.45, 7) is 5.24. The van der Waals surface area contributed by atoms with E-state index in [1.807, 2.05) is 0 Å². The van der Waals surface area contributed by atoms with Crippen molar-refractivity contribution in [2.45, 2.75) is 37.3 Å². The van der Waals surface area contributed by atoms with Crippen LogP contribution in [0.25, 0.3) is 32.0 Å². The van der Waals surface area contributed by atoms with Gasteiger partial charge in [-0.1, -0.05) is 35.9 Å². The fourth-order valence-electron chi connectivity index (χ4n) is 7.05. The van der Waals surface area contributed by atoms with Crippen LogP contribution in [-0.4, -0.2) is 115 Å². The third kappa shape index (κ3) is 9.26. The van der Waals surface area contributed by atoms with Gasteiger partial charge in [0.15, 0.2) is 21.9 Å². The Morgan fingerprint density at radius 2 is 1.80 bits per heavy atom. The molecule has 2 atom stereocenters. The van der Waals surface area contributed by atoms with Gasteiger partial charge in [0.25, 0.3) is 6.01 Å². The van der Waals surface area contributed by atoms with E-state index >= 15 is 4.39 Å². The van der Waals surface area contributed by atoms with Crippen LogP contribution < -0.4 is 14.2 Å². The number of thiophene rings is 1. The van der Waals surface area contributed by atoms with Crippen molar-refractivity contribution < 1.29 is 50.5 Å². The molecule has 5 heterocycles. The standard InChI is InChI=1S/C39H38B2ClF5N6O6S/c1-21-22(7-8-25(31(21)42)56-18-17-52-15-13-51(2)14-16-52)29-30-35(48-20-49-36(30)60-34(29)26-9-10-28(43)57-26)58-33(37(54)55)32(44)23-5-3-4-6-24(23)59-39(40,41)27-11-12-50-53(27)19-38(45,46)47/h3-12,20,32-33H,13-19,40-41H2,1-2H3,(H,54,55)/t32-,33+/m0/s1. The highest BCUT2D eigenvalue weighted by atomic mass is 35.5. The summed E-state index contributed by atoms with van der Waals surface area (Å²) in [6, 6.07) is 12.1. The molecule has 0 amide bonds. The molecule has 60 heavy (non-hydrogen) atoms. The number of ether oxygens (including phenoxy) is 3. The molecule has 0 radical (unpaired) electrons. The zero-order valence-electron chi connectivity index (χ0n) is 32.8. The van der Waals surface area contributed by atoms with Crippen molar-refractivity contribution in [1.82, 2.24) is 29.5 Å². The zero-order chi connectivity index (χ0) is 42.9. The maximum atomic E-state index is 16.8. The largest absolute Gasteiger partial charge is 0.499 e. The van der Waals surface area contributed by atoms with E-state index in [1.54, 1.807) is 19.1 Å². The molecule has 21 heteroatoms. The average Bonchev–Trinajstić information content (AvgIpc) is 3.94. The molecule has 12 nitrogen and oxygen atoms in total. The Hall–Kier alpha value is -5.17. The van der Waals surface area contributed by atoms with E-state index in [4.69, 9.17) is 30.2 Å². The normalized spacial score (nSPS) is 15.3. The summed E-state index contributed by atoms with van der Waals surface area (Å²) in [5.74, 6) is -1.59. The molecule has 0 unspecified atom stereocenters. The summed E-state index contributed by atoms with van der Waals surface area (Å²) >= 11 is 8.02. The molecule has 0 bridgehead atoms. The highest BCUT2D eigenvalue weighted by Crippen LogP contribution is 2.50. The second kappa shape index (κ2) is 17.4. The maximum Gasteiger partial charge on any atom is 0.408 e. The minimum atomic E-state index is -4.58. The molecule has 4 aromatic heterocycles. The quantitative estimate of drug-likeness (QED) is 0.0950. The van der Waals surface area contributed by atoms with Crippen molar-refractivity contribution in [3.8, 4) is 39.1 Å². The summed E-state index contributed by atoms with van der Waals surface area (Å²) < 4.78 is 95.5. The summed E-state index contributed by atoms with van der Waals surface area (Å²) in [7, 11) is 5.04. The predicted molar refractivity (Wildman–Crippen MR) is 220 cm³/mol. The van der Waals surface area contributed by atoms with Gasteiger partial charge >= 0.3 is 12.1 Å². The third-order valence-electron chi connectivity index (χ3n) is 10.1. The van der Waals surface area contributed by atoms with Gasteiger partial charge in [0.05, 0.1) is 26.4 Å². The van der Waals surface area contributed by atoms with Gasteiger partial charge in [-0.3, -0.25) is 9.58 Å². The van der Waals surface area contributed by atoms with Crippen LogP contribution in [0.1, 0.15) is 23.0 Å². The van der Waals surface area contributed by atoms with Gasteiger partial charge < -0.3 is 28.6 Å². The molecule has 0 saturated carbocycles. The number of nitrogens with zero attached hydrogens (tertiary/aromatic N) is 6. The lowest BCUT2D eigenvalue weighted by molar-refractivity contribution is -0.148. The fourth-order valence-corrected chi connectivity index (χ4v) is 8.38. The topological polar surface area (TPSA) is 128 Å². The number of carbonyl (C=O) groups is 1. The molecule has 1 aliphatic heterocycles. The number of piperazine rings is 1. The van der Waals surface area contributed by atoms with E-state index < -0.39 is 42.4 Å². The highest BCUT2D eigenvalue weighted by Gasteiger charge is 2.38. The van der Waals surface area contributed by atoms with Crippen LogP contribution in [0.2, 0.25) is 5.02 Å². The second-order valence-corrected chi connectivity index (χ2v) is 16.1. The zero-order valence-corrected chi connectivity index (χ0v) is 34.4. The van der Waals surface area contributed by atoms with Gasteiger partial charge in [-0.15, -0.1) is 11.3 Å². The van der Waals surface area contributed by atoms with E-state index in [2.05, 4.69) is 31.9 Å². The first-order valence-corrected chi connectivity index (χ1v) is 20.0. The molecule has 7 rings (SSSR count). The summed E-state index contributed by atoms with van der Waals surface area (Å²) in [6.07, 6.45) is -6.91. The molecule has 1 aliphatic rings. The number of para-hydroxylation sites is 1. The molecule has 1 saturated heterocycles. The Labute approximate surface area is 351 Å². The highest BCUT2D eigenvalue weighted by molar-refractivity contribution is 7.22. The van der Waals surface area contributed by atoms with Crippen LogP contribution in [0.15, 0.2) is 71.5 Å². The first-order chi connectivity index (χ1) is 28.5. The van der Waals surface area contributed by atoms with E-state index in [0.29, 0.717) is 45.5 Å². The van der Waals surface area contributed by atoms with Crippen molar-refractivity contribution in [2.24, 2.45) is 0 Å². The van der Waals surface area contributed by atoms with Crippen molar-refractivity contribution >= 4 is 54.8 Å². The number of carboxylic acids is 1. The van der Waals surface area contributed by atoms with E-state index in [0.717, 1.165) is 54.6 Å². The van der Waals surface area contributed by atoms with Crippen LogP contribution in [0.4, 0.5) is 22.0 Å². The second-order valence-electron chi connectivity index (χ2n) is 14.7. The molecule has 1 N–H and O–H groups in total. The molecule has 1 fully saturated rings. The number of alkyl halides is 4. The Kier molecular flexibility index (Phi) is 12.5. The van der Waals surface area contributed by atoms with Gasteiger partial charge in [0.1, 0.15) is 41.6 Å². The van der Waals surface area contributed by atoms with Crippen molar-refractivity contribution in [3.05, 3.63) is 95.0 Å². The summed E-state index contributed by atoms with van der Waals surface area (Å²) in [5, 5.41) is 13.2. The third-order valence-corrected chi connectivity index (χ3v) is 11.7. The Bertz CT molecular complexity index is 2490. The number of aliphatic carboxylic acids is 1. The first kappa shape index (κ1) is 42.9. The number of likely N-dealkylation sites (N-methyl/N-ethyl adjacent to an activating group) is 1. The summed E-state index contributed by atoms with van der Waals surface area (Å²) in [5.41, 5.74) is 1.22. The van der Waals surface area contributed by atoms with Crippen LogP contribution in [0.3, 0.4) is 0 Å². The van der Waals surface area contributed by atoms with E-state index in [9.17, 15) is 27.5 Å². The molecule has 2 aromatic carbocycles. The van der Waals surface area contributed by atoms with Crippen molar-refractivity contribution in [3.63, 3.8) is 0 Å². The lowest BCUT2D eigenvalue weighted by Crippen LogP contribution is -2.45. The maximum absolute atomic E-state index is 16.8. The van der Waals surface area contributed by atoms with Gasteiger partial charge in [-0.05, 0) is 49.4 Å². The van der Waals surface area contributed by atoms with Crippen LogP contribution in [-0.2, 0) is 16.7 Å². The van der Waals surface area contributed by atoms with Crippen molar-refractivity contribution in [1.29, 1.82) is 0 Å². The average molecular weight is 871 g/mol. The van der Waals surface area contributed by atoms with E-state index in [-0.39, 0.29) is 38.9 Å². The molecule has 0 spiro atoms. The van der Waals surface area contributed by atoms with Gasteiger partial charge in [0.2, 0.25) is 12.0 Å². The van der Waals surface area contributed by atoms with E-state index in [1.165, 1.54) is 58.3 Å². The number of carboxylic acid groups (broad SMARTS) is 1. The smallest absolute Gasteiger partial charge is 0.408 e. The number of aromatic nitrogens is 4. The molecule has 314 valence electrons. The number of hydrogen-bond donors (Lipinski definition) is 1. The van der Waals surface area contributed by atoms with Gasteiger partial charge in [-0.25, -0.2) is 19.2 Å².